The summed E-state index contributed by atoms with van der Waals surface area (Å²) < 4.78 is 25.8. The third-order valence-corrected chi connectivity index (χ3v) is 10.4. The summed E-state index contributed by atoms with van der Waals surface area (Å²) in [6, 6.07) is 16.6. The molecular formula is C37H49O6Re. The topological polar surface area (TPSA) is 77.4 Å². The van der Waals surface area contributed by atoms with Gasteiger partial charge in [0.1, 0.15) is 0 Å². The molecule has 1 saturated heterocycles. The summed E-state index contributed by atoms with van der Waals surface area (Å²) in [5.41, 5.74) is 5.64. The van der Waals surface area contributed by atoms with Crippen LogP contribution in [-0.2, 0) is 23.9 Å². The van der Waals surface area contributed by atoms with E-state index in [0.717, 1.165) is 28.2 Å². The second kappa shape index (κ2) is 14.8. The minimum atomic E-state index is -0.914. The van der Waals surface area contributed by atoms with Crippen LogP contribution in [0.25, 0.3) is 0 Å². The van der Waals surface area contributed by atoms with Crippen molar-refractivity contribution in [3.05, 3.63) is 76.3 Å². The van der Waals surface area contributed by atoms with Crippen LogP contribution in [0.1, 0.15) is 100 Å². The zero-order chi connectivity index (χ0) is 32.3. The molecule has 0 saturated carbocycles. The van der Waals surface area contributed by atoms with Crippen molar-refractivity contribution in [1.82, 2.24) is 0 Å². The zero-order valence-electron chi connectivity index (χ0n) is 27.6. The van der Waals surface area contributed by atoms with Crippen LogP contribution >= 0.6 is 0 Å². The molecule has 5 atom stereocenters. The van der Waals surface area contributed by atoms with E-state index in [4.69, 9.17) is 18.9 Å². The number of ether oxygens (including phenoxy) is 4. The Morgan fingerprint density at radius 1 is 0.682 bits per heavy atom. The van der Waals surface area contributed by atoms with Crippen LogP contribution in [0.4, 0.5) is 0 Å². The number of aliphatic hydroxyl groups excluding tert-OH is 2. The molecule has 4 rings (SSSR count). The second-order valence-electron chi connectivity index (χ2n) is 12.9. The van der Waals surface area contributed by atoms with Gasteiger partial charge in [-0.15, -0.1) is 0 Å². The van der Waals surface area contributed by atoms with Crippen molar-refractivity contribution in [3.8, 4) is 28.7 Å². The number of aliphatic hydroxyl groups is 2. The van der Waals surface area contributed by atoms with E-state index in [1.165, 1.54) is 30.3 Å². The Morgan fingerprint density at radius 3 is 1.57 bits per heavy atom. The summed E-state index contributed by atoms with van der Waals surface area (Å²) in [5, 5.41) is 21.3. The van der Waals surface area contributed by atoms with Gasteiger partial charge in [-0.1, -0.05) is 27.7 Å². The van der Waals surface area contributed by atoms with E-state index in [9.17, 15) is 10.2 Å². The van der Waals surface area contributed by atoms with Crippen molar-refractivity contribution in [1.29, 1.82) is 0 Å². The van der Waals surface area contributed by atoms with E-state index in [0.29, 0.717) is 35.5 Å². The van der Waals surface area contributed by atoms with Crippen LogP contribution in [0.15, 0.2) is 48.5 Å². The first kappa shape index (κ1) is 34.5. The van der Waals surface area contributed by atoms with Gasteiger partial charge in [-0.3, -0.25) is 0 Å². The molecule has 1 heterocycles. The molecule has 3 aromatic rings. The average Bonchev–Trinajstić information content (AvgIpc) is 2.97. The monoisotopic (exact) mass is 776 g/mol. The van der Waals surface area contributed by atoms with E-state index < -0.39 is 24.4 Å². The Balaban J connectivity index is 1.78. The standard InChI is InChI=1S/C37H49O6.Re/c1-10-31-36(39)30(38)19-29(41-31)20-40-37-34(42-32-13-11-26(21(2)3)15-24(32)8)17-28(23(6)7)18-35(37)43-33-14-12-27(22(4)5)16-25(33)9;/h11-19,21-23,29-31,36,38-39H,10,20H2,1-9H3;. The van der Waals surface area contributed by atoms with Crippen molar-refractivity contribution in [2.24, 2.45) is 0 Å². The Labute approximate surface area is 274 Å². The summed E-state index contributed by atoms with van der Waals surface area (Å²) in [5.74, 6) is 4.13. The first-order chi connectivity index (χ1) is 20.8. The van der Waals surface area contributed by atoms with Gasteiger partial charge in [0.05, 0.1) is 0 Å². The molecular weight excluding hydrogens is 727 g/mol. The molecule has 1 fully saturated rings. The summed E-state index contributed by atoms with van der Waals surface area (Å²) in [7, 11) is 0. The van der Waals surface area contributed by atoms with E-state index >= 15 is 0 Å². The minimum absolute atomic E-state index is 0.172. The molecule has 0 aliphatic carbocycles. The quantitative estimate of drug-likeness (QED) is 0.203. The summed E-state index contributed by atoms with van der Waals surface area (Å²) >= 11 is 1.39. The Bertz CT molecular complexity index is 1330. The molecule has 5 unspecified atom stereocenters. The van der Waals surface area contributed by atoms with Gasteiger partial charge in [-0.25, -0.2) is 0 Å². The van der Waals surface area contributed by atoms with Crippen LogP contribution in [0.5, 0.6) is 28.7 Å². The maximum absolute atomic E-state index is 10.8. The van der Waals surface area contributed by atoms with Crippen molar-refractivity contribution < 1.29 is 48.4 Å². The molecule has 0 radical (unpaired) electrons. The predicted octanol–water partition coefficient (Wildman–Crippen LogP) is 8.87. The zero-order valence-corrected chi connectivity index (χ0v) is 30.3. The average molecular weight is 776 g/mol. The van der Waals surface area contributed by atoms with Crippen LogP contribution in [0.3, 0.4) is 0 Å². The van der Waals surface area contributed by atoms with Gasteiger partial charge in [-0.2, -0.15) is 0 Å². The molecule has 44 heavy (non-hydrogen) atoms. The first-order valence-electron chi connectivity index (χ1n) is 15.8. The van der Waals surface area contributed by atoms with Crippen molar-refractivity contribution in [2.45, 2.75) is 115 Å². The van der Waals surface area contributed by atoms with E-state index in [-0.39, 0.29) is 16.9 Å². The molecule has 240 valence electrons. The SMILES string of the molecule is CCC1OC(COc2c(Oc3ccc(C(C)C)cc3C)cc(C(C)C)cc2Oc2ccc(C(C)C)cc2C)[CH]([Re])C(O)C1O. The molecule has 0 amide bonds. The first-order valence-corrected chi connectivity index (χ1v) is 17.4. The fourth-order valence-electron chi connectivity index (χ4n) is 5.40. The third-order valence-electron chi connectivity index (χ3n) is 8.44. The summed E-state index contributed by atoms with van der Waals surface area (Å²) in [4.78, 5) is 0. The molecule has 1 aliphatic rings. The van der Waals surface area contributed by atoms with E-state index in [2.05, 4.69) is 79.7 Å². The van der Waals surface area contributed by atoms with Crippen LogP contribution in [0.2, 0.25) is 4.39 Å². The summed E-state index contributed by atoms with van der Waals surface area (Å²) in [6.07, 6.45) is -2.06. The Kier molecular flexibility index (Phi) is 11.6. The van der Waals surface area contributed by atoms with Gasteiger partial charge in [0.2, 0.25) is 0 Å². The fraction of sp³-hybridized carbons (Fsp3) is 0.514. The van der Waals surface area contributed by atoms with E-state index in [1.807, 2.05) is 31.2 Å². The van der Waals surface area contributed by atoms with Gasteiger partial charge in [0.15, 0.2) is 0 Å². The predicted molar refractivity (Wildman–Crippen MR) is 171 cm³/mol. The molecule has 3 aromatic carbocycles. The Hall–Kier alpha value is -2.40. The van der Waals surface area contributed by atoms with Crippen LogP contribution in [0, 0.1) is 13.8 Å². The number of hydrogen-bond donors (Lipinski definition) is 2. The van der Waals surface area contributed by atoms with E-state index in [1.54, 1.807) is 0 Å². The molecule has 2 N–H and O–H groups in total. The fourth-order valence-corrected chi connectivity index (χ4v) is 6.41. The molecule has 0 spiro atoms. The molecule has 7 heteroatoms. The second-order valence-corrected chi connectivity index (χ2v) is 14.7. The van der Waals surface area contributed by atoms with Gasteiger partial charge in [0, 0.05) is 0 Å². The van der Waals surface area contributed by atoms with Crippen molar-refractivity contribution in [2.75, 3.05) is 6.61 Å². The molecule has 0 bridgehead atoms. The molecule has 1 aliphatic heterocycles. The van der Waals surface area contributed by atoms with Gasteiger partial charge in [-0.05, 0) is 0 Å². The van der Waals surface area contributed by atoms with Gasteiger partial charge in [0.25, 0.3) is 0 Å². The normalized spacial score (nSPS) is 22.1. The van der Waals surface area contributed by atoms with Crippen molar-refractivity contribution >= 4 is 0 Å². The van der Waals surface area contributed by atoms with Crippen molar-refractivity contribution in [3.63, 3.8) is 0 Å². The van der Waals surface area contributed by atoms with Gasteiger partial charge < -0.3 is 0 Å². The molecule has 6 nitrogen and oxygen atoms in total. The third kappa shape index (κ3) is 7.87. The number of aryl methyl sites for hydroxylation is 2. The maximum atomic E-state index is 10.8. The molecule has 0 aromatic heterocycles. The number of benzene rings is 3. The number of rotatable bonds is 11. The Morgan fingerprint density at radius 2 is 1.16 bits per heavy atom. The summed E-state index contributed by atoms with van der Waals surface area (Å²) in [6.45, 7) is 19.2. The van der Waals surface area contributed by atoms with Gasteiger partial charge >= 0.3 is 248 Å². The van der Waals surface area contributed by atoms with Crippen LogP contribution in [-0.4, -0.2) is 41.2 Å². The van der Waals surface area contributed by atoms with Crippen LogP contribution < -0.4 is 14.2 Å². The number of hydrogen-bond acceptors (Lipinski definition) is 6.